The standard InChI is InChI=1S/C22H31N3O2/c1-27-20-4-2-19(3-5-20)24-6-8-25(9-7-24)21(26)23-22-13-16-10-17(14-22)12-18(11-16)15-22/h2-5,16-18H,6-15H2,1H3,(H,23,26). The number of methoxy groups -OCH3 is 1. The number of benzene rings is 1. The van der Waals surface area contributed by atoms with Crippen molar-refractivity contribution in [2.45, 2.75) is 44.1 Å². The van der Waals surface area contributed by atoms with Crippen molar-refractivity contribution in [3.63, 3.8) is 0 Å². The van der Waals surface area contributed by atoms with Crippen LogP contribution in [0.25, 0.3) is 0 Å². The fraction of sp³-hybridized carbons (Fsp3) is 0.682. The maximum atomic E-state index is 13.0. The summed E-state index contributed by atoms with van der Waals surface area (Å²) in [6.45, 7) is 3.37. The van der Waals surface area contributed by atoms with E-state index in [4.69, 9.17) is 4.74 Å². The van der Waals surface area contributed by atoms with Gasteiger partial charge in [-0.15, -0.1) is 0 Å². The third-order valence-electron chi connectivity index (χ3n) is 7.41. The van der Waals surface area contributed by atoms with Gasteiger partial charge in [0.15, 0.2) is 0 Å². The summed E-state index contributed by atoms with van der Waals surface area (Å²) in [4.78, 5) is 17.4. The summed E-state index contributed by atoms with van der Waals surface area (Å²) < 4.78 is 5.24. The van der Waals surface area contributed by atoms with Crippen molar-refractivity contribution in [2.24, 2.45) is 17.8 Å². The Hall–Kier alpha value is -1.91. The van der Waals surface area contributed by atoms with Crippen LogP contribution in [0.3, 0.4) is 0 Å². The van der Waals surface area contributed by atoms with Crippen molar-refractivity contribution in [1.82, 2.24) is 10.2 Å². The third kappa shape index (κ3) is 3.26. The summed E-state index contributed by atoms with van der Waals surface area (Å²) >= 11 is 0. The summed E-state index contributed by atoms with van der Waals surface area (Å²) in [6, 6.07) is 8.38. The first-order chi connectivity index (χ1) is 13.1. The molecule has 0 atom stereocenters. The lowest BCUT2D eigenvalue weighted by Crippen LogP contribution is -2.63. The number of nitrogens with zero attached hydrogens (tertiary/aromatic N) is 2. The lowest BCUT2D eigenvalue weighted by Gasteiger charge is -2.57. The van der Waals surface area contributed by atoms with Gasteiger partial charge in [-0.25, -0.2) is 4.79 Å². The molecular formula is C22H31N3O2. The maximum Gasteiger partial charge on any atom is 0.317 e. The highest BCUT2D eigenvalue weighted by Crippen LogP contribution is 2.55. The van der Waals surface area contributed by atoms with Crippen LogP contribution in [0.15, 0.2) is 24.3 Å². The molecule has 0 radical (unpaired) electrons. The number of amides is 2. The molecule has 4 bridgehead atoms. The number of rotatable bonds is 3. The van der Waals surface area contributed by atoms with Gasteiger partial charge in [-0.2, -0.15) is 0 Å². The molecule has 1 aromatic carbocycles. The molecule has 1 saturated heterocycles. The molecule has 0 unspecified atom stereocenters. The molecule has 4 saturated carbocycles. The quantitative estimate of drug-likeness (QED) is 0.887. The van der Waals surface area contributed by atoms with Crippen molar-refractivity contribution >= 4 is 11.7 Å². The zero-order chi connectivity index (χ0) is 18.4. The molecule has 146 valence electrons. The molecule has 4 aliphatic carbocycles. The van der Waals surface area contributed by atoms with Gasteiger partial charge in [-0.3, -0.25) is 0 Å². The first kappa shape index (κ1) is 17.2. The summed E-state index contributed by atoms with van der Waals surface area (Å²) in [5.41, 5.74) is 1.32. The van der Waals surface area contributed by atoms with E-state index in [1.54, 1.807) is 7.11 Å². The van der Waals surface area contributed by atoms with Gasteiger partial charge >= 0.3 is 6.03 Å². The number of piperazine rings is 1. The molecule has 1 N–H and O–H groups in total. The molecule has 1 heterocycles. The fourth-order valence-corrected chi connectivity index (χ4v) is 6.53. The van der Waals surface area contributed by atoms with Gasteiger partial charge in [0.1, 0.15) is 5.75 Å². The highest BCUT2D eigenvalue weighted by molar-refractivity contribution is 5.75. The molecule has 5 heteroatoms. The summed E-state index contributed by atoms with van der Waals surface area (Å²) in [5, 5.41) is 3.52. The number of nitrogens with one attached hydrogen (secondary N) is 1. The minimum Gasteiger partial charge on any atom is -0.497 e. The topological polar surface area (TPSA) is 44.8 Å². The van der Waals surface area contributed by atoms with E-state index in [1.807, 2.05) is 17.0 Å². The van der Waals surface area contributed by atoms with Crippen molar-refractivity contribution in [2.75, 3.05) is 38.2 Å². The van der Waals surface area contributed by atoms with Gasteiger partial charge < -0.3 is 19.9 Å². The molecule has 0 spiro atoms. The van der Waals surface area contributed by atoms with Crippen LogP contribution in [-0.4, -0.2) is 49.8 Å². The molecule has 27 heavy (non-hydrogen) atoms. The number of carbonyl (C=O) groups excluding carboxylic acids is 1. The zero-order valence-electron chi connectivity index (χ0n) is 16.3. The van der Waals surface area contributed by atoms with Crippen LogP contribution >= 0.6 is 0 Å². The van der Waals surface area contributed by atoms with Crippen molar-refractivity contribution in [3.8, 4) is 5.75 Å². The minimum absolute atomic E-state index is 0.110. The maximum absolute atomic E-state index is 13.0. The third-order valence-corrected chi connectivity index (χ3v) is 7.41. The minimum atomic E-state index is 0.110. The van der Waals surface area contributed by atoms with Gasteiger partial charge in [-0.05, 0) is 80.5 Å². The number of carbonyl (C=O) groups is 1. The molecular weight excluding hydrogens is 338 g/mol. The highest BCUT2D eigenvalue weighted by atomic mass is 16.5. The Balaban J connectivity index is 1.18. The van der Waals surface area contributed by atoms with Crippen molar-refractivity contribution in [3.05, 3.63) is 24.3 Å². The van der Waals surface area contributed by atoms with Gasteiger partial charge in [0.2, 0.25) is 0 Å². The number of hydrogen-bond donors (Lipinski definition) is 1. The van der Waals surface area contributed by atoms with E-state index < -0.39 is 0 Å². The number of ether oxygens (including phenoxy) is 1. The van der Waals surface area contributed by atoms with Crippen LogP contribution in [0.1, 0.15) is 38.5 Å². The molecule has 5 nitrogen and oxygen atoms in total. The molecule has 6 rings (SSSR count). The average molecular weight is 370 g/mol. The van der Waals surface area contributed by atoms with E-state index in [0.717, 1.165) is 49.7 Å². The lowest BCUT2D eigenvalue weighted by molar-refractivity contribution is -0.0157. The molecule has 1 aromatic rings. The van der Waals surface area contributed by atoms with E-state index in [0.29, 0.717) is 0 Å². The van der Waals surface area contributed by atoms with E-state index >= 15 is 0 Å². The highest BCUT2D eigenvalue weighted by Gasteiger charge is 2.51. The molecule has 1 aliphatic heterocycles. The van der Waals surface area contributed by atoms with Gasteiger partial charge in [0.05, 0.1) is 7.11 Å². The van der Waals surface area contributed by atoms with Crippen LogP contribution in [0.5, 0.6) is 5.75 Å². The lowest BCUT2D eigenvalue weighted by atomic mass is 9.53. The van der Waals surface area contributed by atoms with E-state index in [9.17, 15) is 4.79 Å². The number of anilines is 1. The Labute approximate surface area is 162 Å². The van der Waals surface area contributed by atoms with E-state index in [2.05, 4.69) is 22.3 Å². The molecule has 2 amide bonds. The van der Waals surface area contributed by atoms with E-state index in [1.165, 1.54) is 44.2 Å². The SMILES string of the molecule is COc1ccc(N2CCN(C(=O)NC34CC5CC(CC(C5)C3)C4)CC2)cc1. The molecule has 5 aliphatic rings. The van der Waals surface area contributed by atoms with Gasteiger partial charge in [0, 0.05) is 37.4 Å². The van der Waals surface area contributed by atoms with Crippen LogP contribution < -0.4 is 15.0 Å². The van der Waals surface area contributed by atoms with Gasteiger partial charge in [0.25, 0.3) is 0 Å². The Morgan fingerprint density at radius 1 is 0.963 bits per heavy atom. The summed E-state index contributed by atoms with van der Waals surface area (Å²) in [6.07, 6.45) is 7.89. The first-order valence-corrected chi connectivity index (χ1v) is 10.6. The number of urea groups is 1. The fourth-order valence-electron chi connectivity index (χ4n) is 6.53. The van der Waals surface area contributed by atoms with Crippen molar-refractivity contribution in [1.29, 1.82) is 0 Å². The summed E-state index contributed by atoms with van der Waals surface area (Å²) in [5.74, 6) is 3.47. The largest absolute Gasteiger partial charge is 0.497 e. The Kier molecular flexibility index (Phi) is 4.21. The van der Waals surface area contributed by atoms with Gasteiger partial charge in [-0.1, -0.05) is 0 Å². The average Bonchev–Trinajstić information content (AvgIpc) is 2.67. The number of hydrogen-bond acceptors (Lipinski definition) is 3. The summed E-state index contributed by atoms with van der Waals surface area (Å²) in [7, 11) is 1.69. The molecule has 0 aromatic heterocycles. The Morgan fingerprint density at radius 2 is 1.52 bits per heavy atom. The Bertz CT molecular complexity index is 659. The van der Waals surface area contributed by atoms with Crippen LogP contribution in [-0.2, 0) is 0 Å². The normalized spacial score (nSPS) is 34.6. The first-order valence-electron chi connectivity index (χ1n) is 10.6. The molecule has 5 fully saturated rings. The predicted molar refractivity (Wildman–Crippen MR) is 106 cm³/mol. The smallest absolute Gasteiger partial charge is 0.317 e. The second-order valence-electron chi connectivity index (χ2n) is 9.30. The predicted octanol–water partition coefficient (Wildman–Crippen LogP) is 3.50. The Morgan fingerprint density at radius 3 is 2.04 bits per heavy atom. The second kappa shape index (κ2) is 6.61. The van der Waals surface area contributed by atoms with Crippen LogP contribution in [0.2, 0.25) is 0 Å². The van der Waals surface area contributed by atoms with Crippen molar-refractivity contribution < 1.29 is 9.53 Å². The van der Waals surface area contributed by atoms with Crippen LogP contribution in [0, 0.1) is 17.8 Å². The van der Waals surface area contributed by atoms with E-state index in [-0.39, 0.29) is 11.6 Å². The monoisotopic (exact) mass is 369 g/mol. The van der Waals surface area contributed by atoms with Crippen LogP contribution in [0.4, 0.5) is 10.5 Å². The second-order valence-corrected chi connectivity index (χ2v) is 9.30. The zero-order valence-corrected chi connectivity index (χ0v) is 16.3.